The van der Waals surface area contributed by atoms with E-state index in [2.05, 4.69) is 13.6 Å². The minimum absolute atomic E-state index is 0. The number of rotatable bonds is 6. The van der Waals surface area contributed by atoms with Gasteiger partial charge in [0.1, 0.15) is 10.0 Å². The van der Waals surface area contributed by atoms with Crippen molar-refractivity contribution in [2.24, 2.45) is 0 Å². The largest absolute Gasteiger partial charge is 3.00 e. The van der Waals surface area contributed by atoms with Gasteiger partial charge in [-0.2, -0.15) is 0 Å². The molecule has 7 nitrogen and oxygen atoms in total. The van der Waals surface area contributed by atoms with Crippen LogP contribution in [-0.2, 0) is 58.5 Å². The third-order valence-electron chi connectivity index (χ3n) is 3.05. The SMILES string of the molecule is COC(=O)/C([S-])=C(/S[N-]S(=O)(=O)c1ccc(C)cc1)C(=O)OC.[CH]1[CH][CH][CH][CH]1.[Co+3]. The molecule has 1 aliphatic carbocycles. The van der Waals surface area contributed by atoms with Crippen LogP contribution in [0.1, 0.15) is 5.56 Å². The van der Waals surface area contributed by atoms with E-state index in [1.165, 1.54) is 12.1 Å². The van der Waals surface area contributed by atoms with E-state index in [4.69, 9.17) is 12.6 Å². The Morgan fingerprint density at radius 2 is 1.38 bits per heavy atom. The predicted octanol–water partition coefficient (Wildman–Crippen LogP) is 2.83. The van der Waals surface area contributed by atoms with Crippen molar-refractivity contribution in [3.8, 4) is 0 Å². The van der Waals surface area contributed by atoms with E-state index in [1.54, 1.807) is 19.1 Å². The van der Waals surface area contributed by atoms with E-state index in [0.717, 1.165) is 19.8 Å². The summed E-state index contributed by atoms with van der Waals surface area (Å²) < 4.78 is 36.5. The molecule has 1 aromatic carbocycles. The van der Waals surface area contributed by atoms with Crippen molar-refractivity contribution < 1.29 is 44.3 Å². The molecule has 0 spiro atoms. The number of carbonyl (C=O) groups excluding carboxylic acids is 2. The van der Waals surface area contributed by atoms with Crippen molar-refractivity contribution in [3.05, 3.63) is 75.9 Å². The molecule has 1 aliphatic rings. The van der Waals surface area contributed by atoms with Crippen molar-refractivity contribution in [1.82, 2.24) is 0 Å². The van der Waals surface area contributed by atoms with Crippen LogP contribution >= 0.6 is 11.9 Å². The monoisotopic (exact) mass is 499 g/mol. The number of carbonyl (C=O) groups is 2. The van der Waals surface area contributed by atoms with Gasteiger partial charge in [-0.15, -0.1) is 0 Å². The molecule has 0 unspecified atom stereocenters. The smallest absolute Gasteiger partial charge is 0.772 e. The van der Waals surface area contributed by atoms with Crippen molar-refractivity contribution in [3.63, 3.8) is 0 Å². The van der Waals surface area contributed by atoms with Gasteiger partial charge in [-0.1, -0.05) is 22.6 Å². The molecule has 11 heteroatoms. The average molecular weight is 499 g/mol. The van der Waals surface area contributed by atoms with E-state index >= 15 is 0 Å². The van der Waals surface area contributed by atoms with Gasteiger partial charge in [0.05, 0.1) is 19.1 Å². The molecule has 0 aliphatic heterocycles. The number of sulfonamides is 1. The fourth-order valence-corrected chi connectivity index (χ4v) is 3.73. The van der Waals surface area contributed by atoms with Crippen LogP contribution < -0.4 is 0 Å². The van der Waals surface area contributed by atoms with E-state index in [9.17, 15) is 18.0 Å². The maximum atomic E-state index is 12.1. The van der Waals surface area contributed by atoms with Gasteiger partial charge in [0.2, 0.25) is 0 Å². The van der Waals surface area contributed by atoms with E-state index in [-0.39, 0.29) is 33.6 Å². The maximum absolute atomic E-state index is 12.1. The quantitative estimate of drug-likeness (QED) is 0.255. The van der Waals surface area contributed by atoms with Crippen LogP contribution in [0, 0.1) is 39.0 Å². The minimum atomic E-state index is -4.03. The second-order valence-electron chi connectivity index (χ2n) is 5.06. The Balaban J connectivity index is 0.00000113. The summed E-state index contributed by atoms with van der Waals surface area (Å²) >= 11 is 5.02. The first-order valence-electron chi connectivity index (χ1n) is 7.68. The minimum Gasteiger partial charge on any atom is -0.772 e. The molecule has 0 aromatic heterocycles. The summed E-state index contributed by atoms with van der Waals surface area (Å²) in [5.41, 5.74) is 0.880. The zero-order valence-electron chi connectivity index (χ0n) is 15.7. The van der Waals surface area contributed by atoms with Crippen LogP contribution in [0.2, 0.25) is 0 Å². The number of hydrogen-bond donors (Lipinski definition) is 0. The normalized spacial score (nSPS) is 13.9. The van der Waals surface area contributed by atoms with Gasteiger partial charge < -0.3 is 26.2 Å². The fourth-order valence-electron chi connectivity index (χ4n) is 1.61. The van der Waals surface area contributed by atoms with Gasteiger partial charge in [-0.25, -0.2) is 30.0 Å². The first kappa shape index (κ1) is 27.9. The predicted molar refractivity (Wildman–Crippen MR) is 109 cm³/mol. The van der Waals surface area contributed by atoms with Crippen molar-refractivity contribution >= 4 is 46.5 Å². The van der Waals surface area contributed by atoms with E-state index in [0.29, 0.717) is 0 Å². The van der Waals surface area contributed by atoms with Crippen molar-refractivity contribution in [2.45, 2.75) is 11.8 Å². The number of benzene rings is 1. The average Bonchev–Trinajstić information content (AvgIpc) is 3.27. The summed E-state index contributed by atoms with van der Waals surface area (Å²) in [7, 11) is -1.89. The number of nitrogens with zero attached hydrogens (tertiary/aromatic N) is 1. The molecular formula is C18H18CoNO6S3+. The summed E-state index contributed by atoms with van der Waals surface area (Å²) in [5.74, 6) is -1.94. The zero-order valence-corrected chi connectivity index (χ0v) is 19.1. The zero-order chi connectivity index (χ0) is 21.2. The van der Waals surface area contributed by atoms with E-state index in [1.807, 2.05) is 32.1 Å². The molecule has 5 radical (unpaired) electrons. The summed E-state index contributed by atoms with van der Waals surface area (Å²) in [4.78, 5) is 22.1. The van der Waals surface area contributed by atoms with Crippen LogP contribution in [0.15, 0.2) is 39.0 Å². The third-order valence-corrected chi connectivity index (χ3v) is 6.05. The Morgan fingerprint density at radius 1 is 0.931 bits per heavy atom. The van der Waals surface area contributed by atoms with Gasteiger partial charge in [0, 0.05) is 4.90 Å². The summed E-state index contributed by atoms with van der Waals surface area (Å²) in [5, 5.41) is 0. The van der Waals surface area contributed by atoms with Gasteiger partial charge >= 0.3 is 28.7 Å². The Labute approximate surface area is 192 Å². The van der Waals surface area contributed by atoms with Crippen molar-refractivity contribution in [2.75, 3.05) is 14.2 Å². The summed E-state index contributed by atoms with van der Waals surface area (Å²) in [6, 6.07) is 5.98. The van der Waals surface area contributed by atoms with Crippen molar-refractivity contribution in [1.29, 1.82) is 0 Å². The Morgan fingerprint density at radius 3 is 1.79 bits per heavy atom. The van der Waals surface area contributed by atoms with Crippen LogP contribution in [-0.4, -0.2) is 34.6 Å². The molecule has 29 heavy (non-hydrogen) atoms. The molecule has 0 N–H and O–H groups in total. The summed E-state index contributed by atoms with van der Waals surface area (Å²) in [6.45, 7) is 1.81. The molecule has 0 saturated heterocycles. The topological polar surface area (TPSA) is 101 Å². The molecule has 1 aromatic rings. The number of ether oxygens (including phenoxy) is 2. The molecule has 0 heterocycles. The molecule has 157 valence electrons. The maximum Gasteiger partial charge on any atom is 3.00 e. The van der Waals surface area contributed by atoms with Gasteiger partial charge in [0.15, 0.2) is 0 Å². The number of methoxy groups -OCH3 is 2. The number of aryl methyl sites for hydroxylation is 1. The molecule has 0 atom stereocenters. The molecular weight excluding hydrogens is 481 g/mol. The molecule has 1 saturated carbocycles. The van der Waals surface area contributed by atoms with Crippen LogP contribution in [0.3, 0.4) is 0 Å². The van der Waals surface area contributed by atoms with E-state index < -0.39 is 31.8 Å². The Kier molecular flexibility index (Phi) is 13.5. The molecule has 2 rings (SSSR count). The molecule has 0 bridgehead atoms. The standard InChI is InChI=1S/C13H14NO6S3.C5H5.Co/c1-8-4-6-9(7-5-8)23(17,18)14-22-11(13(16)20-3)10(21)12(15)19-2;1-2-4-5-3-1;/h4-7H,1-3H3,(H,16,21);1-5H;/q-1;;+3/p-1. The number of hydrogen-bond acceptors (Lipinski definition) is 8. The molecule has 0 amide bonds. The van der Waals surface area contributed by atoms with Crippen LogP contribution in [0.25, 0.3) is 4.13 Å². The third kappa shape index (κ3) is 9.49. The first-order chi connectivity index (χ1) is 13.2. The second kappa shape index (κ2) is 14.0. The first-order valence-corrected chi connectivity index (χ1v) is 10.3. The number of esters is 2. The van der Waals surface area contributed by atoms with Gasteiger partial charge in [-0.3, -0.25) is 0 Å². The Bertz CT molecular complexity index is 798. The summed E-state index contributed by atoms with van der Waals surface area (Å²) in [6.07, 6.45) is 10.0. The van der Waals surface area contributed by atoms with Crippen LogP contribution in [0.5, 0.6) is 0 Å². The van der Waals surface area contributed by atoms with Gasteiger partial charge in [0.25, 0.3) is 0 Å². The van der Waals surface area contributed by atoms with Crippen LogP contribution in [0.4, 0.5) is 0 Å². The Hall–Kier alpha value is -1.11. The second-order valence-corrected chi connectivity index (χ2v) is 8.07. The fraction of sp³-hybridized carbons (Fsp3) is 0.167. The molecule has 1 fully saturated rings. The van der Waals surface area contributed by atoms with Gasteiger partial charge in [-0.05, 0) is 51.2 Å².